The van der Waals surface area contributed by atoms with E-state index in [-0.39, 0.29) is 17.6 Å². The summed E-state index contributed by atoms with van der Waals surface area (Å²) < 4.78 is 2.08. The minimum Gasteiger partial charge on any atom is -0.345 e. The molecular weight excluding hydrogens is 390 g/mol. The normalized spacial score (nSPS) is 13.3. The van der Waals surface area contributed by atoms with Crippen LogP contribution in [-0.4, -0.2) is 26.3 Å². The zero-order valence-corrected chi connectivity index (χ0v) is 16.5. The van der Waals surface area contributed by atoms with Crippen LogP contribution in [0.4, 0.5) is 5.69 Å². The van der Waals surface area contributed by atoms with Gasteiger partial charge in [-0.2, -0.15) is 0 Å². The second kappa shape index (κ2) is 8.09. The molecule has 1 aromatic heterocycles. The number of carbonyl (C=O) groups is 1. The maximum atomic E-state index is 13.1. The molecule has 0 aliphatic heterocycles. The summed E-state index contributed by atoms with van der Waals surface area (Å²) in [6.07, 6.45) is 3.87. The molecule has 0 N–H and O–H groups in total. The number of non-ortho nitro benzene ring substituents is 1. The van der Waals surface area contributed by atoms with Crippen LogP contribution < -0.4 is 0 Å². The number of carbonyl (C=O) groups excluding carboxylic acids is 1. The Balaban J connectivity index is 1.57. The minimum atomic E-state index is -0.479. The summed E-state index contributed by atoms with van der Waals surface area (Å²) in [4.78, 5) is 25.5. The molecule has 0 atom stereocenters. The number of rotatable bonds is 7. The number of nitrogens with zero attached hydrogens (tertiary/aromatic N) is 3. The Labute approximate surface area is 173 Å². The van der Waals surface area contributed by atoms with Gasteiger partial charge in [0.15, 0.2) is 0 Å². The molecule has 2 aromatic carbocycles. The molecule has 1 saturated carbocycles. The molecule has 7 heteroatoms. The molecule has 1 heterocycles. The number of aromatic nitrogens is 1. The van der Waals surface area contributed by atoms with Crippen molar-refractivity contribution in [3.63, 3.8) is 0 Å². The van der Waals surface area contributed by atoms with Crippen molar-refractivity contribution in [2.24, 2.45) is 0 Å². The van der Waals surface area contributed by atoms with Gasteiger partial charge in [0, 0.05) is 47.2 Å². The Morgan fingerprint density at radius 3 is 2.66 bits per heavy atom. The number of benzene rings is 2. The van der Waals surface area contributed by atoms with Gasteiger partial charge in [-0.25, -0.2) is 0 Å². The van der Waals surface area contributed by atoms with Crippen LogP contribution in [0.3, 0.4) is 0 Å². The number of hydrogen-bond acceptors (Lipinski definition) is 3. The van der Waals surface area contributed by atoms with Crippen LogP contribution in [0.15, 0.2) is 66.9 Å². The number of nitro benzene ring substituents is 1. The first-order chi connectivity index (χ1) is 14.0. The Kier molecular flexibility index (Phi) is 5.36. The van der Waals surface area contributed by atoms with Crippen LogP contribution in [0.2, 0.25) is 5.02 Å². The molecule has 0 spiro atoms. The Morgan fingerprint density at radius 1 is 1.14 bits per heavy atom. The second-order valence-corrected chi connectivity index (χ2v) is 7.60. The van der Waals surface area contributed by atoms with Crippen LogP contribution in [-0.2, 0) is 13.1 Å². The number of halogens is 1. The molecule has 6 nitrogen and oxygen atoms in total. The summed E-state index contributed by atoms with van der Waals surface area (Å²) in [6.45, 7) is 1.06. The van der Waals surface area contributed by atoms with Crippen LogP contribution >= 0.6 is 11.6 Å². The first-order valence-corrected chi connectivity index (χ1v) is 9.83. The number of amides is 1. The van der Waals surface area contributed by atoms with E-state index in [4.69, 9.17) is 11.6 Å². The Morgan fingerprint density at radius 2 is 1.93 bits per heavy atom. The van der Waals surface area contributed by atoms with Gasteiger partial charge in [0.2, 0.25) is 0 Å². The molecule has 148 valence electrons. The Hall–Kier alpha value is -3.12. The lowest BCUT2D eigenvalue weighted by Crippen LogP contribution is -2.33. The summed E-state index contributed by atoms with van der Waals surface area (Å²) in [5.74, 6) is -0.179. The largest absolute Gasteiger partial charge is 0.345 e. The van der Waals surface area contributed by atoms with E-state index in [1.54, 1.807) is 12.1 Å². The highest BCUT2D eigenvalue weighted by atomic mass is 35.5. The van der Waals surface area contributed by atoms with Crippen molar-refractivity contribution >= 4 is 23.2 Å². The predicted molar refractivity (Wildman–Crippen MR) is 111 cm³/mol. The molecular formula is C22H20ClN3O3. The van der Waals surface area contributed by atoms with Gasteiger partial charge >= 0.3 is 0 Å². The van der Waals surface area contributed by atoms with Crippen LogP contribution in [0.5, 0.6) is 0 Å². The van der Waals surface area contributed by atoms with Crippen molar-refractivity contribution in [3.05, 3.63) is 98.8 Å². The maximum Gasteiger partial charge on any atom is 0.270 e. The zero-order valence-electron chi connectivity index (χ0n) is 15.7. The highest BCUT2D eigenvalue weighted by Gasteiger charge is 2.34. The number of nitro groups is 1. The van der Waals surface area contributed by atoms with Gasteiger partial charge in [0.05, 0.1) is 11.5 Å². The van der Waals surface area contributed by atoms with Gasteiger partial charge in [0.1, 0.15) is 0 Å². The highest BCUT2D eigenvalue weighted by Crippen LogP contribution is 2.31. The van der Waals surface area contributed by atoms with Gasteiger partial charge in [-0.15, -0.1) is 0 Å². The van der Waals surface area contributed by atoms with Crippen LogP contribution in [0.25, 0.3) is 0 Å². The Bertz CT molecular complexity index is 1060. The molecule has 3 aromatic rings. The first-order valence-electron chi connectivity index (χ1n) is 9.46. The standard InChI is InChI=1S/C22H20ClN3O3/c23-21-9-2-1-5-17(21)14-24-12-4-8-20(24)15-25(18-10-11-18)22(27)16-6-3-7-19(13-16)26(28)29/h1-9,12-13,18H,10-11,14-15H2. The lowest BCUT2D eigenvalue weighted by atomic mass is 10.1. The van der Waals surface area contributed by atoms with Crippen molar-refractivity contribution in [1.82, 2.24) is 9.47 Å². The van der Waals surface area contributed by atoms with Crippen molar-refractivity contribution in [1.29, 1.82) is 0 Å². The number of hydrogen-bond donors (Lipinski definition) is 0. The quantitative estimate of drug-likeness (QED) is 0.411. The average molecular weight is 410 g/mol. The molecule has 1 aliphatic carbocycles. The van der Waals surface area contributed by atoms with E-state index in [9.17, 15) is 14.9 Å². The van der Waals surface area contributed by atoms with E-state index in [0.717, 1.165) is 24.1 Å². The fourth-order valence-corrected chi connectivity index (χ4v) is 3.60. The van der Waals surface area contributed by atoms with Gasteiger partial charge in [-0.3, -0.25) is 14.9 Å². The van der Waals surface area contributed by atoms with Crippen molar-refractivity contribution in [2.45, 2.75) is 32.0 Å². The zero-order chi connectivity index (χ0) is 20.4. The first kappa shape index (κ1) is 19.2. The molecule has 29 heavy (non-hydrogen) atoms. The van der Waals surface area contributed by atoms with E-state index in [1.165, 1.54) is 12.1 Å². The molecule has 0 saturated heterocycles. The SMILES string of the molecule is O=C(c1cccc([N+](=O)[O-])c1)N(Cc1cccn1Cc1ccccc1Cl)C1CC1. The molecule has 1 amide bonds. The fourth-order valence-electron chi connectivity index (χ4n) is 3.40. The van der Waals surface area contributed by atoms with Crippen molar-refractivity contribution in [3.8, 4) is 0 Å². The summed E-state index contributed by atoms with van der Waals surface area (Å²) >= 11 is 6.30. The summed E-state index contributed by atoms with van der Waals surface area (Å²) in [5, 5.41) is 11.8. The second-order valence-electron chi connectivity index (χ2n) is 7.19. The van der Waals surface area contributed by atoms with E-state index in [2.05, 4.69) is 4.57 Å². The van der Waals surface area contributed by atoms with E-state index in [1.807, 2.05) is 47.5 Å². The summed E-state index contributed by atoms with van der Waals surface area (Å²) in [7, 11) is 0. The summed E-state index contributed by atoms with van der Waals surface area (Å²) in [5.41, 5.74) is 2.27. The van der Waals surface area contributed by atoms with Crippen LogP contribution in [0.1, 0.15) is 34.5 Å². The lowest BCUT2D eigenvalue weighted by Gasteiger charge is -2.23. The molecule has 1 aliphatic rings. The molecule has 4 rings (SSSR count). The smallest absolute Gasteiger partial charge is 0.270 e. The van der Waals surface area contributed by atoms with E-state index >= 15 is 0 Å². The van der Waals surface area contributed by atoms with Crippen molar-refractivity contribution in [2.75, 3.05) is 0 Å². The van der Waals surface area contributed by atoms with Gasteiger partial charge < -0.3 is 9.47 Å². The third-order valence-corrected chi connectivity index (χ3v) is 5.48. The third kappa shape index (κ3) is 4.32. The van der Waals surface area contributed by atoms with Gasteiger partial charge in [-0.05, 0) is 42.7 Å². The topological polar surface area (TPSA) is 68.4 Å². The molecule has 0 radical (unpaired) electrons. The van der Waals surface area contributed by atoms with Crippen molar-refractivity contribution < 1.29 is 9.72 Å². The monoisotopic (exact) mass is 409 g/mol. The average Bonchev–Trinajstić information content (AvgIpc) is 3.47. The lowest BCUT2D eigenvalue weighted by molar-refractivity contribution is -0.384. The summed E-state index contributed by atoms with van der Waals surface area (Å²) in [6, 6.07) is 17.7. The maximum absolute atomic E-state index is 13.1. The van der Waals surface area contributed by atoms with Crippen LogP contribution in [0, 0.1) is 10.1 Å². The molecule has 0 unspecified atom stereocenters. The highest BCUT2D eigenvalue weighted by molar-refractivity contribution is 6.31. The third-order valence-electron chi connectivity index (χ3n) is 5.11. The predicted octanol–water partition coefficient (Wildman–Crippen LogP) is 4.90. The molecule has 0 bridgehead atoms. The minimum absolute atomic E-state index is 0.0753. The van der Waals surface area contributed by atoms with E-state index in [0.29, 0.717) is 23.7 Å². The molecule has 1 fully saturated rings. The van der Waals surface area contributed by atoms with E-state index < -0.39 is 4.92 Å². The fraction of sp³-hybridized carbons (Fsp3) is 0.227. The van der Waals surface area contributed by atoms with Gasteiger partial charge in [0.25, 0.3) is 11.6 Å². The van der Waals surface area contributed by atoms with Gasteiger partial charge in [-0.1, -0.05) is 35.9 Å².